The van der Waals surface area contributed by atoms with E-state index in [0.29, 0.717) is 0 Å². The first kappa shape index (κ1) is 66.4. The van der Waals surface area contributed by atoms with Gasteiger partial charge in [0, 0.05) is 176 Å². The second-order valence-electron chi connectivity index (χ2n) is 27.9. The fourth-order valence-electron chi connectivity index (χ4n) is 14.7. The summed E-state index contributed by atoms with van der Waals surface area (Å²) in [6, 6.07) is 23.7. The maximum Gasteiger partial charge on any atom is 0.0548 e. The van der Waals surface area contributed by atoms with Crippen LogP contribution in [0.5, 0.6) is 0 Å². The molecule has 492 valence electrons. The third kappa shape index (κ3) is 12.3. The second-order valence-corrected chi connectivity index (χ2v) is 27.9. The molecule has 12 heterocycles. The van der Waals surface area contributed by atoms with Crippen LogP contribution in [0.4, 0.5) is 0 Å². The van der Waals surface area contributed by atoms with Crippen LogP contribution in [0.25, 0.3) is 66.8 Å². The Hall–Kier alpha value is -10.2. The molecule has 0 saturated heterocycles. The Bertz CT molecular complexity index is 5290. The monoisotopic (exact) mass is 1290 g/mol. The highest BCUT2D eigenvalue weighted by Crippen LogP contribution is 2.44. The number of hydrogen-bond donors (Lipinski definition) is 0. The van der Waals surface area contributed by atoms with E-state index >= 15 is 0 Å². The molecule has 12 aromatic heterocycles. The largest absolute Gasteiger partial charge is 0.260 e. The van der Waals surface area contributed by atoms with E-state index in [1.54, 1.807) is 0 Å². The molecular weight excluding hydrogens is 1200 g/mol. The first-order valence-electron chi connectivity index (χ1n) is 34.4. The third-order valence-electron chi connectivity index (χ3n) is 21.2. The van der Waals surface area contributed by atoms with E-state index in [2.05, 4.69) is 242 Å². The summed E-state index contributed by atoms with van der Waals surface area (Å²) in [5.74, 6) is 0. The van der Waals surface area contributed by atoms with Crippen LogP contribution in [0.1, 0.15) is 181 Å². The van der Waals surface area contributed by atoms with Gasteiger partial charge in [0.1, 0.15) is 0 Å². The topological polar surface area (TPSA) is 155 Å². The van der Waals surface area contributed by atoms with Crippen molar-refractivity contribution in [3.63, 3.8) is 0 Å². The second kappa shape index (κ2) is 26.3. The Morgan fingerprint density at radius 1 is 0.224 bits per heavy atom. The first-order valence-corrected chi connectivity index (χ1v) is 34.4. The molecule has 0 N–H and O–H groups in total. The molecule has 0 atom stereocenters. The van der Waals surface area contributed by atoms with E-state index in [1.165, 1.54) is 196 Å². The number of aromatic nitrogens is 12. The molecule has 0 fully saturated rings. The summed E-state index contributed by atoms with van der Waals surface area (Å²) in [5.41, 5.74) is 54.3. The normalized spacial score (nSPS) is 12.4. The summed E-state index contributed by atoms with van der Waals surface area (Å²) >= 11 is 0. The Morgan fingerprint density at radius 3 is 1.14 bits per heavy atom. The van der Waals surface area contributed by atoms with Crippen molar-refractivity contribution in [2.45, 2.75) is 177 Å². The molecule has 0 saturated carbocycles. The molecular formula is C86H88N12. The van der Waals surface area contributed by atoms with E-state index in [9.17, 15) is 0 Å². The van der Waals surface area contributed by atoms with Crippen LogP contribution in [0.15, 0.2) is 97.7 Å². The van der Waals surface area contributed by atoms with Gasteiger partial charge < -0.3 is 0 Å². The van der Waals surface area contributed by atoms with Gasteiger partial charge in [-0.1, -0.05) is 12.1 Å². The Labute approximate surface area is 578 Å². The highest BCUT2D eigenvalue weighted by atomic mass is 14.8. The van der Waals surface area contributed by atoms with Crippen LogP contribution < -0.4 is 0 Å². The van der Waals surface area contributed by atoms with Crippen molar-refractivity contribution < 1.29 is 0 Å². The maximum absolute atomic E-state index is 4.73. The fourth-order valence-corrected chi connectivity index (χ4v) is 14.7. The third-order valence-corrected chi connectivity index (χ3v) is 21.2. The molecule has 6 aliphatic rings. The van der Waals surface area contributed by atoms with Crippen LogP contribution in [0.2, 0.25) is 0 Å². The Morgan fingerprint density at radius 2 is 0.582 bits per heavy atom. The minimum atomic E-state index is 0.881. The number of aryl methyl sites for hydroxylation is 14. The molecule has 12 heteroatoms. The lowest BCUT2D eigenvalue weighted by Crippen LogP contribution is -1.98. The van der Waals surface area contributed by atoms with Crippen LogP contribution >= 0.6 is 0 Å². The Kier molecular flexibility index (Phi) is 17.8. The lowest BCUT2D eigenvalue weighted by molar-refractivity contribution is 1.01. The molecule has 0 aliphatic heterocycles. The van der Waals surface area contributed by atoms with Crippen molar-refractivity contribution in [1.82, 2.24) is 59.8 Å². The molecule has 18 rings (SSSR count). The molecule has 12 aromatic rings. The van der Waals surface area contributed by atoms with Gasteiger partial charge in [-0.3, -0.25) is 59.8 Å². The van der Waals surface area contributed by atoms with Crippen LogP contribution in [0, 0.1) is 138 Å². The molecule has 0 aromatic carbocycles. The van der Waals surface area contributed by atoms with E-state index in [0.717, 1.165) is 89.8 Å². The Balaban J connectivity index is 0.000000106. The summed E-state index contributed by atoms with van der Waals surface area (Å²) in [6.07, 6.45) is 14.8. The molecule has 6 aliphatic carbocycles. The van der Waals surface area contributed by atoms with Crippen molar-refractivity contribution in [2.75, 3.05) is 0 Å². The summed E-state index contributed by atoms with van der Waals surface area (Å²) in [4.78, 5) is 55.1. The van der Waals surface area contributed by atoms with E-state index in [1.807, 2.05) is 44.0 Å². The summed E-state index contributed by atoms with van der Waals surface area (Å²) in [7, 11) is 0. The molecule has 0 radical (unpaired) electrons. The van der Waals surface area contributed by atoms with Crippen molar-refractivity contribution in [3.05, 3.63) is 278 Å². The summed E-state index contributed by atoms with van der Waals surface area (Å²) < 4.78 is 0. The van der Waals surface area contributed by atoms with Gasteiger partial charge in [-0.15, -0.1) is 0 Å². The molecule has 0 bridgehead atoms. The zero-order valence-electron chi connectivity index (χ0n) is 60.8. The fraction of sp³-hybridized carbons (Fsp3) is 0.302. The number of pyridine rings is 12. The number of rotatable bonds is 0. The minimum absolute atomic E-state index is 0.881. The average molecular weight is 1290 g/mol. The number of nitrogens with zero attached hydrogens (tertiary/aromatic N) is 12. The van der Waals surface area contributed by atoms with E-state index < -0.39 is 0 Å². The van der Waals surface area contributed by atoms with Gasteiger partial charge in [-0.05, 0) is 265 Å². The van der Waals surface area contributed by atoms with Crippen molar-refractivity contribution >= 4 is 0 Å². The zero-order valence-corrected chi connectivity index (χ0v) is 60.8. The first-order chi connectivity index (χ1) is 46.8. The van der Waals surface area contributed by atoms with Gasteiger partial charge in [-0.2, -0.15) is 0 Å². The molecule has 0 amide bonds. The van der Waals surface area contributed by atoms with Crippen molar-refractivity contribution in [2.24, 2.45) is 0 Å². The summed E-state index contributed by atoms with van der Waals surface area (Å²) in [5, 5.41) is 0. The van der Waals surface area contributed by atoms with Gasteiger partial charge in [0.2, 0.25) is 0 Å². The number of fused-ring (bicyclic) bond motifs is 18. The highest BCUT2D eigenvalue weighted by molar-refractivity contribution is 5.82. The minimum Gasteiger partial charge on any atom is -0.260 e. The van der Waals surface area contributed by atoms with E-state index in [-0.39, 0.29) is 0 Å². The predicted molar refractivity (Wildman–Crippen MR) is 396 cm³/mol. The van der Waals surface area contributed by atoms with Gasteiger partial charge >= 0.3 is 0 Å². The molecule has 98 heavy (non-hydrogen) atoms. The van der Waals surface area contributed by atoms with Crippen molar-refractivity contribution in [3.8, 4) is 66.8 Å². The number of hydrogen-bond acceptors (Lipinski definition) is 12. The van der Waals surface area contributed by atoms with Gasteiger partial charge in [0.25, 0.3) is 0 Å². The highest BCUT2D eigenvalue weighted by Gasteiger charge is 2.30. The van der Waals surface area contributed by atoms with Gasteiger partial charge in [-0.25, -0.2) is 0 Å². The quantitative estimate of drug-likeness (QED) is 0.142. The van der Waals surface area contributed by atoms with Gasteiger partial charge in [0.05, 0.1) is 68.3 Å². The maximum atomic E-state index is 4.73. The lowest BCUT2D eigenvalue weighted by Gasteiger charge is -2.12. The lowest BCUT2D eigenvalue weighted by atomic mass is 9.97. The van der Waals surface area contributed by atoms with Crippen LogP contribution in [0.3, 0.4) is 0 Å². The molecule has 0 spiro atoms. The van der Waals surface area contributed by atoms with Crippen LogP contribution in [-0.4, -0.2) is 59.8 Å². The molecule has 0 unspecified atom stereocenters. The predicted octanol–water partition coefficient (Wildman–Crippen LogP) is 18.5. The van der Waals surface area contributed by atoms with Crippen molar-refractivity contribution in [1.29, 1.82) is 0 Å². The standard InChI is InChI=1S/2C15H16N2.4C14H14N2/c1-8-5-12-13(16-7-8)6-14-15(12)10(3)9(2)11(4)17-14;1-8-5-6-16-12-7-13-15(14(8)12)10(3)9(2)11(4)17-13;1-8-4-11-12-5-9(2)10(3)16-14(12)6-13(11)15-7-8;1-8-6-12-11-5-4-9(2)15-13(11)7-14(12)16-10(8)3;1-8-4-5-15-13-7-12-11(14(8)13)6-9(2)10(3)16-12;1-8-9(2)14-11-5-4-6-15-12(11)7-13(14)16-10(8)3/h5,7H,6H2,1-4H3;5-6H,7H2,1-4H3;4-5,7H,6H2,1-3H3;3*4-6H,7H2,1-3H3. The molecule has 12 nitrogen and oxygen atoms in total. The van der Waals surface area contributed by atoms with Crippen LogP contribution in [-0.2, 0) is 38.5 Å². The zero-order chi connectivity index (χ0) is 69.4. The SMILES string of the molecule is Cc1cc2c(nc1C)Cc1nccc(C)c1-2.Cc1ccc2c(n1)Cc1nc(C)c(C)cc1-2.Cc1ccnc2c1-c1c(nc(C)c(C)c1C)C2.Cc1cnc2c(c1)-c1c(nc(C)c(C)c1C)C2.Cc1cnc2c(c1)-c1cc(C)c(C)nc1C2.Cc1nc2c(c(C)c1C)-c1cccnc1C2. The average Bonchev–Trinajstić information content (AvgIpc) is 1.62. The summed E-state index contributed by atoms with van der Waals surface area (Å²) in [6.45, 7) is 42.3. The smallest absolute Gasteiger partial charge is 0.0548 e. The van der Waals surface area contributed by atoms with E-state index in [4.69, 9.17) is 9.97 Å². The van der Waals surface area contributed by atoms with Gasteiger partial charge in [0.15, 0.2) is 0 Å².